The maximum absolute atomic E-state index is 12.2. The Kier molecular flexibility index (Phi) is 4.57. The summed E-state index contributed by atoms with van der Waals surface area (Å²) in [4.78, 5) is 11.8. The second-order valence-corrected chi connectivity index (χ2v) is 8.71. The van der Waals surface area contributed by atoms with Crippen LogP contribution in [0.1, 0.15) is 44.1 Å². The number of rotatable bonds is 6. The number of hydrogen-bond acceptors (Lipinski definition) is 3. The quantitative estimate of drug-likeness (QED) is 0.808. The molecule has 1 N–H and O–H groups in total. The molecule has 0 saturated heterocycles. The minimum absolute atomic E-state index is 0.204. The number of benzene rings is 1. The van der Waals surface area contributed by atoms with Gasteiger partial charge in [-0.05, 0) is 55.2 Å². The van der Waals surface area contributed by atoms with Gasteiger partial charge in [0.2, 0.25) is 0 Å². The SMILES string of the molecule is O=C(O)C(=CC1CCCC1)c1ccc(S(=O)(=O)CC2CC2)cc1. The molecule has 2 aliphatic carbocycles. The van der Waals surface area contributed by atoms with E-state index in [9.17, 15) is 18.3 Å². The Hall–Kier alpha value is -1.62. The van der Waals surface area contributed by atoms with E-state index in [2.05, 4.69) is 0 Å². The maximum atomic E-state index is 12.2. The molecule has 3 rings (SSSR count). The lowest BCUT2D eigenvalue weighted by Crippen LogP contribution is -2.09. The van der Waals surface area contributed by atoms with Gasteiger partial charge in [-0.2, -0.15) is 0 Å². The van der Waals surface area contributed by atoms with Crippen LogP contribution in [0.15, 0.2) is 35.2 Å². The molecule has 124 valence electrons. The van der Waals surface area contributed by atoms with Crippen molar-refractivity contribution >= 4 is 21.4 Å². The van der Waals surface area contributed by atoms with E-state index >= 15 is 0 Å². The predicted molar refractivity (Wildman–Crippen MR) is 88.8 cm³/mol. The maximum Gasteiger partial charge on any atom is 0.335 e. The first kappa shape index (κ1) is 16.2. The number of aliphatic carboxylic acids is 1. The van der Waals surface area contributed by atoms with Gasteiger partial charge in [0.1, 0.15) is 0 Å². The summed E-state index contributed by atoms with van der Waals surface area (Å²) in [7, 11) is -3.25. The largest absolute Gasteiger partial charge is 0.478 e. The molecule has 0 spiro atoms. The van der Waals surface area contributed by atoms with Gasteiger partial charge < -0.3 is 5.11 Å². The average molecular weight is 334 g/mol. The zero-order valence-corrected chi connectivity index (χ0v) is 13.9. The Balaban J connectivity index is 1.82. The van der Waals surface area contributed by atoms with E-state index in [4.69, 9.17) is 0 Å². The average Bonchev–Trinajstić information content (AvgIpc) is 3.15. The molecule has 0 unspecified atom stereocenters. The van der Waals surface area contributed by atoms with Gasteiger partial charge in [-0.25, -0.2) is 13.2 Å². The second-order valence-electron chi connectivity index (χ2n) is 6.68. The zero-order valence-electron chi connectivity index (χ0n) is 13.1. The fraction of sp³-hybridized carbons (Fsp3) is 0.500. The van der Waals surface area contributed by atoms with Crippen LogP contribution in [0.3, 0.4) is 0 Å². The predicted octanol–water partition coefficient (Wildman–Crippen LogP) is 3.53. The normalized spacial score (nSPS) is 19.9. The van der Waals surface area contributed by atoms with Crippen molar-refractivity contribution < 1.29 is 18.3 Å². The third-order valence-electron chi connectivity index (χ3n) is 4.71. The van der Waals surface area contributed by atoms with Crippen LogP contribution in [-0.4, -0.2) is 25.2 Å². The van der Waals surface area contributed by atoms with E-state index in [-0.39, 0.29) is 11.3 Å². The van der Waals surface area contributed by atoms with Crippen LogP contribution in [0, 0.1) is 11.8 Å². The van der Waals surface area contributed by atoms with Crippen LogP contribution >= 0.6 is 0 Å². The molecule has 4 nitrogen and oxygen atoms in total. The summed E-state index contributed by atoms with van der Waals surface area (Å²) in [5.74, 6) is -0.128. The summed E-state index contributed by atoms with van der Waals surface area (Å²) in [6, 6.07) is 6.32. The molecule has 0 aromatic heterocycles. The topological polar surface area (TPSA) is 71.4 Å². The smallest absolute Gasteiger partial charge is 0.335 e. The Morgan fingerprint density at radius 3 is 2.22 bits per heavy atom. The highest BCUT2D eigenvalue weighted by atomic mass is 32.2. The standard InChI is InChI=1S/C18H22O4S/c19-18(20)17(11-13-3-1-2-4-13)15-7-9-16(10-8-15)23(21,22)12-14-5-6-14/h7-11,13-14H,1-6,12H2,(H,19,20). The first-order valence-corrected chi connectivity index (χ1v) is 9.89. The first-order chi connectivity index (χ1) is 11.0. The molecular formula is C18H22O4S. The van der Waals surface area contributed by atoms with Crippen molar-refractivity contribution in [1.82, 2.24) is 0 Å². The minimum Gasteiger partial charge on any atom is -0.478 e. The van der Waals surface area contributed by atoms with E-state index in [0.717, 1.165) is 38.5 Å². The molecule has 2 saturated carbocycles. The summed E-state index contributed by atoms with van der Waals surface area (Å²) in [5.41, 5.74) is 0.859. The summed E-state index contributed by atoms with van der Waals surface area (Å²) in [6.07, 6.45) is 8.17. The van der Waals surface area contributed by atoms with E-state index in [1.807, 2.05) is 6.08 Å². The highest BCUT2D eigenvalue weighted by molar-refractivity contribution is 7.91. The van der Waals surface area contributed by atoms with Gasteiger partial charge in [0.05, 0.1) is 16.2 Å². The summed E-state index contributed by atoms with van der Waals surface area (Å²) < 4.78 is 24.5. The van der Waals surface area contributed by atoms with Crippen LogP contribution in [0.5, 0.6) is 0 Å². The molecule has 1 aromatic rings. The monoisotopic (exact) mass is 334 g/mol. The lowest BCUT2D eigenvalue weighted by Gasteiger charge is -2.09. The van der Waals surface area contributed by atoms with Crippen LogP contribution in [0.25, 0.3) is 5.57 Å². The fourth-order valence-electron chi connectivity index (χ4n) is 3.18. The van der Waals surface area contributed by atoms with Crippen molar-refractivity contribution in [3.05, 3.63) is 35.9 Å². The van der Waals surface area contributed by atoms with Gasteiger partial charge in [0, 0.05) is 0 Å². The van der Waals surface area contributed by atoms with Crippen LogP contribution < -0.4 is 0 Å². The van der Waals surface area contributed by atoms with Crippen molar-refractivity contribution in [1.29, 1.82) is 0 Å². The second kappa shape index (κ2) is 6.48. The van der Waals surface area contributed by atoms with Crippen molar-refractivity contribution in [2.24, 2.45) is 11.8 Å². The van der Waals surface area contributed by atoms with Crippen molar-refractivity contribution in [3.63, 3.8) is 0 Å². The third-order valence-corrected chi connectivity index (χ3v) is 6.61. The van der Waals surface area contributed by atoms with Gasteiger partial charge in [0.15, 0.2) is 9.84 Å². The highest BCUT2D eigenvalue weighted by Crippen LogP contribution is 2.33. The first-order valence-electron chi connectivity index (χ1n) is 8.24. The molecule has 0 heterocycles. The van der Waals surface area contributed by atoms with Crippen molar-refractivity contribution in [2.75, 3.05) is 5.75 Å². The Morgan fingerprint density at radius 2 is 1.70 bits per heavy atom. The van der Waals surface area contributed by atoms with Gasteiger partial charge in [-0.15, -0.1) is 0 Å². The van der Waals surface area contributed by atoms with Crippen LogP contribution in [0.2, 0.25) is 0 Å². The number of carboxylic acids is 1. The fourth-order valence-corrected chi connectivity index (χ4v) is 4.88. The molecule has 2 aliphatic rings. The molecular weight excluding hydrogens is 312 g/mol. The van der Waals surface area contributed by atoms with Gasteiger partial charge in [-0.3, -0.25) is 0 Å². The highest BCUT2D eigenvalue weighted by Gasteiger charge is 2.29. The number of allylic oxidation sites excluding steroid dienone is 1. The molecule has 23 heavy (non-hydrogen) atoms. The number of sulfone groups is 1. The molecule has 5 heteroatoms. The molecule has 0 bridgehead atoms. The Bertz CT molecular complexity index is 706. The van der Waals surface area contributed by atoms with Crippen molar-refractivity contribution in [2.45, 2.75) is 43.4 Å². The van der Waals surface area contributed by atoms with Crippen LogP contribution in [0.4, 0.5) is 0 Å². The molecule has 1 aromatic carbocycles. The Morgan fingerprint density at radius 1 is 1.09 bits per heavy atom. The van der Waals surface area contributed by atoms with Crippen molar-refractivity contribution in [3.8, 4) is 0 Å². The molecule has 0 radical (unpaired) electrons. The van der Waals surface area contributed by atoms with Gasteiger partial charge >= 0.3 is 5.97 Å². The van der Waals surface area contributed by atoms with E-state index < -0.39 is 15.8 Å². The lowest BCUT2D eigenvalue weighted by atomic mass is 9.99. The van der Waals surface area contributed by atoms with Crippen LogP contribution in [-0.2, 0) is 14.6 Å². The lowest BCUT2D eigenvalue weighted by molar-refractivity contribution is -0.130. The summed E-state index contributed by atoms with van der Waals surface area (Å²) in [5, 5.41) is 9.46. The number of carboxylic acid groups (broad SMARTS) is 1. The third kappa shape index (κ3) is 4.02. The summed E-state index contributed by atoms with van der Waals surface area (Å²) in [6.45, 7) is 0. The number of hydrogen-bond donors (Lipinski definition) is 1. The minimum atomic E-state index is -3.25. The molecule has 0 atom stereocenters. The summed E-state index contributed by atoms with van der Waals surface area (Å²) >= 11 is 0. The Labute approximate surface area is 137 Å². The zero-order chi connectivity index (χ0) is 16.4. The van der Waals surface area contributed by atoms with E-state index in [1.54, 1.807) is 24.3 Å². The number of carbonyl (C=O) groups is 1. The van der Waals surface area contributed by atoms with Gasteiger partial charge in [-0.1, -0.05) is 31.1 Å². The molecule has 2 fully saturated rings. The molecule has 0 aliphatic heterocycles. The van der Waals surface area contributed by atoms with E-state index in [0.29, 0.717) is 22.3 Å². The van der Waals surface area contributed by atoms with Gasteiger partial charge in [0.25, 0.3) is 0 Å². The molecule has 0 amide bonds. The van der Waals surface area contributed by atoms with E-state index in [1.165, 1.54) is 0 Å².